The predicted molar refractivity (Wildman–Crippen MR) is 87.5 cm³/mol. The first-order valence-corrected chi connectivity index (χ1v) is 7.81. The summed E-state index contributed by atoms with van der Waals surface area (Å²) >= 11 is 0. The first-order valence-electron chi connectivity index (χ1n) is 7.81. The highest BCUT2D eigenvalue weighted by atomic mass is 16.5. The highest BCUT2D eigenvalue weighted by Gasteiger charge is 2.35. The van der Waals surface area contributed by atoms with Crippen LogP contribution in [-0.2, 0) is 16.0 Å². The first kappa shape index (κ1) is 15.9. The average Bonchev–Trinajstić information content (AvgIpc) is 2.85. The van der Waals surface area contributed by atoms with Crippen LogP contribution in [0.15, 0.2) is 54.6 Å². The van der Waals surface area contributed by atoms with Gasteiger partial charge >= 0.3 is 5.97 Å². The molecule has 0 aliphatic carbocycles. The van der Waals surface area contributed by atoms with Crippen LogP contribution < -0.4 is 0 Å². The standard InChI is InChI=1S/C19H17NO4/c21-17(24-13-11-14-6-2-1-3-7-14)10-12-20-18(22)15-8-4-5-9-16(15)19(20)23/h1-9H,10-13H2. The van der Waals surface area contributed by atoms with Gasteiger partial charge < -0.3 is 4.74 Å². The van der Waals surface area contributed by atoms with Crippen molar-refractivity contribution in [3.8, 4) is 0 Å². The zero-order chi connectivity index (χ0) is 16.9. The number of imide groups is 1. The first-order chi connectivity index (χ1) is 11.7. The largest absolute Gasteiger partial charge is 0.465 e. The number of nitrogens with zero attached hydrogens (tertiary/aromatic N) is 1. The smallest absolute Gasteiger partial charge is 0.307 e. The second-order valence-electron chi connectivity index (χ2n) is 5.51. The van der Waals surface area contributed by atoms with E-state index in [1.54, 1.807) is 24.3 Å². The molecule has 122 valence electrons. The lowest BCUT2D eigenvalue weighted by molar-refractivity contribution is -0.143. The van der Waals surface area contributed by atoms with Crippen LogP contribution in [0.3, 0.4) is 0 Å². The van der Waals surface area contributed by atoms with Crippen molar-refractivity contribution in [3.63, 3.8) is 0 Å². The van der Waals surface area contributed by atoms with E-state index in [1.807, 2.05) is 30.3 Å². The van der Waals surface area contributed by atoms with E-state index in [2.05, 4.69) is 0 Å². The van der Waals surface area contributed by atoms with E-state index >= 15 is 0 Å². The lowest BCUT2D eigenvalue weighted by Gasteiger charge is -2.13. The van der Waals surface area contributed by atoms with Crippen LogP contribution in [0.4, 0.5) is 0 Å². The van der Waals surface area contributed by atoms with Gasteiger partial charge in [-0.25, -0.2) is 0 Å². The number of amides is 2. The van der Waals surface area contributed by atoms with Gasteiger partial charge in [0, 0.05) is 13.0 Å². The van der Waals surface area contributed by atoms with Crippen LogP contribution in [0.2, 0.25) is 0 Å². The van der Waals surface area contributed by atoms with Gasteiger partial charge in [0.05, 0.1) is 24.2 Å². The molecule has 0 aromatic heterocycles. The molecule has 0 saturated carbocycles. The summed E-state index contributed by atoms with van der Waals surface area (Å²) in [4.78, 5) is 37.2. The summed E-state index contributed by atoms with van der Waals surface area (Å²) in [6.07, 6.45) is 0.639. The molecule has 5 heteroatoms. The van der Waals surface area contributed by atoms with Crippen LogP contribution in [0, 0.1) is 0 Å². The Balaban J connectivity index is 1.47. The van der Waals surface area contributed by atoms with Gasteiger partial charge in [-0.2, -0.15) is 0 Å². The number of hydrogen-bond acceptors (Lipinski definition) is 4. The van der Waals surface area contributed by atoms with E-state index in [-0.39, 0.29) is 31.4 Å². The summed E-state index contributed by atoms with van der Waals surface area (Å²) in [6, 6.07) is 16.4. The Morgan fingerprint density at radius 2 is 1.46 bits per heavy atom. The van der Waals surface area contributed by atoms with Crippen molar-refractivity contribution in [1.82, 2.24) is 4.90 Å². The van der Waals surface area contributed by atoms with Crippen molar-refractivity contribution in [1.29, 1.82) is 0 Å². The molecule has 0 spiro atoms. The molecule has 2 aromatic carbocycles. The molecule has 0 atom stereocenters. The summed E-state index contributed by atoms with van der Waals surface area (Å²) in [6.45, 7) is 0.321. The monoisotopic (exact) mass is 323 g/mol. The molecule has 0 bridgehead atoms. The molecular formula is C19H17NO4. The van der Waals surface area contributed by atoms with E-state index < -0.39 is 5.97 Å². The Kier molecular flexibility index (Phi) is 4.70. The maximum atomic E-state index is 12.2. The summed E-state index contributed by atoms with van der Waals surface area (Å²) in [5, 5.41) is 0. The van der Waals surface area contributed by atoms with E-state index in [9.17, 15) is 14.4 Å². The molecule has 24 heavy (non-hydrogen) atoms. The fourth-order valence-electron chi connectivity index (χ4n) is 2.64. The quantitative estimate of drug-likeness (QED) is 0.605. The number of ether oxygens (including phenoxy) is 1. The molecule has 0 unspecified atom stereocenters. The van der Waals surface area contributed by atoms with Gasteiger partial charge in [0.25, 0.3) is 11.8 Å². The second-order valence-corrected chi connectivity index (χ2v) is 5.51. The molecule has 3 rings (SSSR count). The molecule has 0 N–H and O–H groups in total. The minimum atomic E-state index is -0.414. The SMILES string of the molecule is O=C(CCN1C(=O)c2ccccc2C1=O)OCCc1ccccc1. The van der Waals surface area contributed by atoms with Gasteiger partial charge in [0.1, 0.15) is 0 Å². The number of esters is 1. The maximum Gasteiger partial charge on any atom is 0.307 e. The third-order valence-corrected chi connectivity index (χ3v) is 3.91. The van der Waals surface area contributed by atoms with Gasteiger partial charge in [0.2, 0.25) is 0 Å². The topological polar surface area (TPSA) is 63.7 Å². The van der Waals surface area contributed by atoms with Gasteiger partial charge in [-0.1, -0.05) is 42.5 Å². The van der Waals surface area contributed by atoms with Crippen molar-refractivity contribution < 1.29 is 19.1 Å². The van der Waals surface area contributed by atoms with E-state index in [0.717, 1.165) is 10.5 Å². The van der Waals surface area contributed by atoms with Gasteiger partial charge in [-0.05, 0) is 17.7 Å². The minimum Gasteiger partial charge on any atom is -0.465 e. The predicted octanol–water partition coefficient (Wildman–Crippen LogP) is 2.46. The minimum absolute atomic E-state index is 0.000256. The fraction of sp³-hybridized carbons (Fsp3) is 0.211. The Bertz CT molecular complexity index is 735. The summed E-state index contributed by atoms with van der Waals surface area (Å²) < 4.78 is 5.17. The number of hydrogen-bond donors (Lipinski definition) is 0. The highest BCUT2D eigenvalue weighted by Crippen LogP contribution is 2.22. The molecule has 1 aliphatic rings. The van der Waals surface area contributed by atoms with Crippen LogP contribution in [0.5, 0.6) is 0 Å². The third kappa shape index (κ3) is 3.35. The normalized spacial score (nSPS) is 13.1. The summed E-state index contributed by atoms with van der Waals surface area (Å²) in [5.41, 5.74) is 1.87. The Morgan fingerprint density at radius 3 is 2.08 bits per heavy atom. The number of carbonyl (C=O) groups is 3. The van der Waals surface area contributed by atoms with Crippen LogP contribution in [-0.4, -0.2) is 35.8 Å². The number of benzene rings is 2. The van der Waals surface area contributed by atoms with E-state index in [4.69, 9.17) is 4.74 Å². The van der Waals surface area contributed by atoms with Crippen molar-refractivity contribution >= 4 is 17.8 Å². The van der Waals surface area contributed by atoms with Crippen molar-refractivity contribution in [2.75, 3.05) is 13.2 Å². The number of carbonyl (C=O) groups excluding carboxylic acids is 3. The lowest BCUT2D eigenvalue weighted by Crippen LogP contribution is -2.32. The Hall–Kier alpha value is -2.95. The molecule has 0 saturated heterocycles. The number of fused-ring (bicyclic) bond motifs is 1. The third-order valence-electron chi connectivity index (χ3n) is 3.91. The second kappa shape index (κ2) is 7.08. The highest BCUT2D eigenvalue weighted by molar-refractivity contribution is 6.21. The molecule has 0 fully saturated rings. The molecule has 2 aromatic rings. The zero-order valence-corrected chi connectivity index (χ0v) is 13.1. The average molecular weight is 323 g/mol. The summed E-state index contributed by atoms with van der Waals surface area (Å²) in [5.74, 6) is -1.12. The van der Waals surface area contributed by atoms with Crippen LogP contribution >= 0.6 is 0 Å². The molecule has 1 aliphatic heterocycles. The number of rotatable bonds is 6. The summed E-state index contributed by atoms with van der Waals surface area (Å²) in [7, 11) is 0. The molecule has 2 amide bonds. The molecule has 0 radical (unpaired) electrons. The molecular weight excluding hydrogens is 306 g/mol. The Morgan fingerprint density at radius 1 is 0.875 bits per heavy atom. The van der Waals surface area contributed by atoms with Crippen molar-refractivity contribution in [2.24, 2.45) is 0 Å². The maximum absolute atomic E-state index is 12.2. The van der Waals surface area contributed by atoms with Crippen LogP contribution in [0.1, 0.15) is 32.7 Å². The molecule has 5 nitrogen and oxygen atoms in total. The Labute approximate surface area is 139 Å². The van der Waals surface area contributed by atoms with Crippen molar-refractivity contribution in [3.05, 3.63) is 71.3 Å². The zero-order valence-electron chi connectivity index (χ0n) is 13.1. The van der Waals surface area contributed by atoms with E-state index in [1.165, 1.54) is 0 Å². The lowest BCUT2D eigenvalue weighted by atomic mass is 10.1. The fourth-order valence-corrected chi connectivity index (χ4v) is 2.64. The van der Waals surface area contributed by atoms with Gasteiger partial charge in [-0.15, -0.1) is 0 Å². The molecule has 1 heterocycles. The van der Waals surface area contributed by atoms with Crippen molar-refractivity contribution in [2.45, 2.75) is 12.8 Å². The van der Waals surface area contributed by atoms with Gasteiger partial charge in [0.15, 0.2) is 0 Å². The van der Waals surface area contributed by atoms with E-state index in [0.29, 0.717) is 17.5 Å². The van der Waals surface area contributed by atoms with Crippen LogP contribution in [0.25, 0.3) is 0 Å². The van der Waals surface area contributed by atoms with Gasteiger partial charge in [-0.3, -0.25) is 19.3 Å².